The Morgan fingerprint density at radius 3 is 2.57 bits per heavy atom. The maximum atomic E-state index is 12.8. The van der Waals surface area contributed by atoms with E-state index in [4.69, 9.17) is 0 Å². The Morgan fingerprint density at radius 2 is 1.86 bits per heavy atom. The highest BCUT2D eigenvalue weighted by atomic mass is 32.3. The maximum Gasteiger partial charge on any atom is 0.255 e. The van der Waals surface area contributed by atoms with Gasteiger partial charge in [-0.15, -0.1) is 0 Å². The number of benzene rings is 2. The Balaban J connectivity index is 1.20. The predicted molar refractivity (Wildman–Crippen MR) is 149 cm³/mol. The maximum absolute atomic E-state index is 12.8. The number of rotatable bonds is 6. The number of carbonyl (C=O) groups is 1. The van der Waals surface area contributed by atoms with Crippen molar-refractivity contribution in [2.45, 2.75) is 44.8 Å². The summed E-state index contributed by atoms with van der Waals surface area (Å²) in [6.45, 7) is 2.88. The molecule has 2 aromatic carbocycles. The van der Waals surface area contributed by atoms with E-state index in [0.717, 1.165) is 33.3 Å². The lowest BCUT2D eigenvalue weighted by atomic mass is 9.97. The first kappa shape index (κ1) is 25.7. The molecule has 2 aliphatic rings. The summed E-state index contributed by atoms with van der Waals surface area (Å²) in [4.78, 5) is 17.5. The zero-order valence-corrected chi connectivity index (χ0v) is 21.8. The van der Waals surface area contributed by atoms with Crippen LogP contribution in [0.1, 0.15) is 52.7 Å². The fourth-order valence-corrected chi connectivity index (χ4v) is 6.11. The first-order valence-corrected chi connectivity index (χ1v) is 14.6. The van der Waals surface area contributed by atoms with Crippen LogP contribution in [0.5, 0.6) is 0 Å². The van der Waals surface area contributed by atoms with Crippen LogP contribution in [0.25, 0.3) is 10.9 Å². The van der Waals surface area contributed by atoms with Crippen LogP contribution >= 0.6 is 10.6 Å². The molecule has 1 aromatic heterocycles. The molecule has 3 aromatic rings. The summed E-state index contributed by atoms with van der Waals surface area (Å²) < 4.78 is 19.6. The van der Waals surface area contributed by atoms with E-state index >= 15 is 0 Å². The summed E-state index contributed by atoms with van der Waals surface area (Å²) in [5.74, 6) is 7.27. The molecule has 5 N–H and O–H groups in total. The lowest BCUT2D eigenvalue weighted by Gasteiger charge is -2.43. The summed E-state index contributed by atoms with van der Waals surface area (Å²) in [6, 6.07) is 13.3. The number of aliphatic hydroxyl groups is 1. The van der Waals surface area contributed by atoms with Gasteiger partial charge in [0.25, 0.3) is 5.91 Å². The quantitative estimate of drug-likeness (QED) is 0.295. The number of anilines is 1. The molecule has 1 aliphatic heterocycles. The summed E-state index contributed by atoms with van der Waals surface area (Å²) >= 11 is 0. The minimum Gasteiger partial charge on any atom is -0.388 e. The molecule has 0 spiro atoms. The second-order valence-electron chi connectivity index (χ2n) is 10.3. The van der Waals surface area contributed by atoms with E-state index in [-0.39, 0.29) is 17.4 Å². The number of carbonyl (C=O) groups excluding carboxylic acids is 1. The van der Waals surface area contributed by atoms with Crippen LogP contribution in [0.15, 0.2) is 48.7 Å². The van der Waals surface area contributed by atoms with E-state index in [0.29, 0.717) is 37.4 Å². The molecule has 37 heavy (non-hydrogen) atoms. The van der Waals surface area contributed by atoms with Crippen molar-refractivity contribution in [1.29, 1.82) is 0 Å². The molecule has 0 radical (unpaired) electrons. The number of hydrogen-bond donors (Lipinski definition) is 5. The number of nitrogens with one attached hydrogen (secondary N) is 2. The fourth-order valence-electron chi connectivity index (χ4n) is 4.49. The lowest BCUT2D eigenvalue weighted by Crippen LogP contribution is -2.45. The van der Waals surface area contributed by atoms with Crippen molar-refractivity contribution in [3.05, 3.63) is 70.9 Å². The summed E-state index contributed by atoms with van der Waals surface area (Å²) in [5.41, 5.74) is 4.01. The van der Waals surface area contributed by atoms with Crippen molar-refractivity contribution in [2.75, 3.05) is 23.4 Å². The van der Waals surface area contributed by atoms with E-state index in [2.05, 4.69) is 33.5 Å². The predicted octanol–water partition coefficient (Wildman–Crippen LogP) is 4.92. The largest absolute Gasteiger partial charge is 0.388 e. The molecule has 8 heteroatoms. The van der Waals surface area contributed by atoms with Gasteiger partial charge in [0, 0.05) is 58.9 Å². The Morgan fingerprint density at radius 1 is 1.14 bits per heavy atom. The van der Waals surface area contributed by atoms with Crippen molar-refractivity contribution in [2.24, 2.45) is 5.92 Å². The monoisotopic (exact) mass is 519 g/mol. The van der Waals surface area contributed by atoms with Gasteiger partial charge in [0.15, 0.2) is 0 Å². The molecule has 0 atom stereocenters. The Labute approximate surface area is 219 Å². The number of nitrogens with zero attached hydrogens (tertiary/aromatic N) is 1. The van der Waals surface area contributed by atoms with Crippen LogP contribution in [0.4, 0.5) is 5.69 Å². The SMILES string of the molecule is Cc1c(NC(=O)c2ccc(C#CC3CC3)cc2)ccc2cc(CNCC3(O)CCS(O)(O)CC3)cnc12. The van der Waals surface area contributed by atoms with Crippen LogP contribution < -0.4 is 10.6 Å². The number of fused-ring (bicyclic) bond motifs is 1. The molecule has 0 bridgehead atoms. The van der Waals surface area contributed by atoms with Crippen molar-refractivity contribution in [3.8, 4) is 11.8 Å². The zero-order valence-electron chi connectivity index (χ0n) is 21.0. The Hall–Kier alpha value is -2.93. The molecule has 1 aliphatic carbocycles. The van der Waals surface area contributed by atoms with Gasteiger partial charge < -0.3 is 15.7 Å². The van der Waals surface area contributed by atoms with E-state index in [1.165, 1.54) is 12.8 Å². The second kappa shape index (κ2) is 10.4. The average Bonchev–Trinajstić information content (AvgIpc) is 3.72. The molecule has 0 unspecified atom stereocenters. The van der Waals surface area contributed by atoms with Gasteiger partial charge in [-0.25, -0.2) is 0 Å². The van der Waals surface area contributed by atoms with Gasteiger partial charge in [-0.05, 0) is 80.1 Å². The Kier molecular flexibility index (Phi) is 7.26. The zero-order chi connectivity index (χ0) is 26.0. The number of hydrogen-bond acceptors (Lipinski definition) is 6. The van der Waals surface area contributed by atoms with E-state index < -0.39 is 16.2 Å². The van der Waals surface area contributed by atoms with E-state index in [1.807, 2.05) is 31.2 Å². The summed E-state index contributed by atoms with van der Waals surface area (Å²) in [7, 11) is -2.52. The van der Waals surface area contributed by atoms with Gasteiger partial charge in [-0.1, -0.05) is 17.9 Å². The van der Waals surface area contributed by atoms with Crippen LogP contribution in [0.2, 0.25) is 0 Å². The standard InChI is InChI=1S/C29H33N3O4S/c1-20-26(32-28(33)24-8-6-22(7-9-24)5-4-21-2-3-21)11-10-25-16-23(18-31-27(20)25)17-30-19-29(34)12-14-37(35,36)15-13-29/h6-11,16,18,21,30,34-36H,2-3,12-15,17,19H2,1H3,(H,32,33). The average molecular weight is 520 g/mol. The van der Waals surface area contributed by atoms with Crippen molar-refractivity contribution >= 4 is 33.1 Å². The molecule has 2 heterocycles. The molecule has 194 valence electrons. The highest BCUT2D eigenvalue weighted by molar-refractivity contribution is 8.24. The highest BCUT2D eigenvalue weighted by Crippen LogP contribution is 2.46. The molecule has 7 nitrogen and oxygen atoms in total. The third-order valence-electron chi connectivity index (χ3n) is 7.13. The first-order valence-electron chi connectivity index (χ1n) is 12.7. The van der Waals surface area contributed by atoms with Crippen LogP contribution in [0.3, 0.4) is 0 Å². The van der Waals surface area contributed by atoms with Gasteiger partial charge in [0.05, 0.1) is 11.1 Å². The van der Waals surface area contributed by atoms with E-state index in [9.17, 15) is 19.0 Å². The third kappa shape index (κ3) is 6.50. The molecular formula is C29H33N3O4S. The topological polar surface area (TPSA) is 115 Å². The molecule has 1 saturated heterocycles. The van der Waals surface area contributed by atoms with Crippen LogP contribution in [0, 0.1) is 24.7 Å². The Bertz CT molecular complexity index is 1360. The summed E-state index contributed by atoms with van der Waals surface area (Å²) in [6.07, 6.45) is 4.94. The van der Waals surface area contributed by atoms with Crippen molar-refractivity contribution in [3.63, 3.8) is 0 Å². The number of pyridine rings is 1. The van der Waals surface area contributed by atoms with E-state index in [1.54, 1.807) is 18.3 Å². The second-order valence-corrected chi connectivity index (χ2v) is 12.7. The fraction of sp³-hybridized carbons (Fsp3) is 0.379. The van der Waals surface area contributed by atoms with Crippen LogP contribution in [-0.2, 0) is 6.54 Å². The number of aryl methyl sites for hydroxylation is 1. The number of amides is 1. The minimum absolute atomic E-state index is 0.174. The molecule has 5 rings (SSSR count). The van der Waals surface area contributed by atoms with Crippen LogP contribution in [-0.4, -0.2) is 48.8 Å². The highest BCUT2D eigenvalue weighted by Gasteiger charge is 2.35. The summed E-state index contributed by atoms with van der Waals surface area (Å²) in [5, 5.41) is 18.0. The van der Waals surface area contributed by atoms with Gasteiger partial charge >= 0.3 is 0 Å². The van der Waals surface area contributed by atoms with Gasteiger partial charge in [0.2, 0.25) is 0 Å². The normalized spacial score (nSPS) is 19.0. The van der Waals surface area contributed by atoms with Gasteiger partial charge in [-0.2, -0.15) is 10.6 Å². The van der Waals surface area contributed by atoms with Gasteiger partial charge in [-0.3, -0.25) is 18.9 Å². The minimum atomic E-state index is -2.52. The molecule has 2 fully saturated rings. The smallest absolute Gasteiger partial charge is 0.255 e. The lowest BCUT2D eigenvalue weighted by molar-refractivity contribution is 0.0287. The van der Waals surface area contributed by atoms with Crippen molar-refractivity contribution < 1.29 is 19.0 Å². The number of aromatic nitrogens is 1. The van der Waals surface area contributed by atoms with Crippen molar-refractivity contribution in [1.82, 2.24) is 10.3 Å². The molecule has 1 saturated carbocycles. The third-order valence-corrected chi connectivity index (χ3v) is 8.84. The molecule has 1 amide bonds. The van der Waals surface area contributed by atoms with Gasteiger partial charge in [0.1, 0.15) is 0 Å². The molecular weight excluding hydrogens is 486 g/mol. The first-order chi connectivity index (χ1) is 17.7.